The molecule has 0 aliphatic rings. The minimum Gasteiger partial charge on any atom is -0.428 e. The van der Waals surface area contributed by atoms with Crippen molar-refractivity contribution < 1.29 is 64.5 Å². The lowest BCUT2D eigenvalue weighted by Gasteiger charge is -2.08. The number of hydrogen-bond donors (Lipinski definition) is 0. The van der Waals surface area contributed by atoms with Gasteiger partial charge in [-0.15, -0.1) is 0 Å². The number of rotatable bonds is 13. The van der Waals surface area contributed by atoms with E-state index in [4.69, 9.17) is 0 Å². The molecule has 0 N–H and O–H groups in total. The number of hydrogen-bond acceptors (Lipinski definition) is 8. The monoisotopic (exact) mass is 454 g/mol. The third-order valence-corrected chi connectivity index (χ3v) is 3.29. The van der Waals surface area contributed by atoms with Crippen molar-refractivity contribution in [3.05, 3.63) is 0 Å². The molecule has 0 unspecified atom stereocenters. The Hall–Kier alpha value is -2.54. The molecule has 8 nitrogen and oxygen atoms in total. The maximum absolute atomic E-state index is 11.8. The topological polar surface area (TPSA) is 105 Å². The van der Waals surface area contributed by atoms with Gasteiger partial charge in [0.15, 0.2) is 0 Å². The average Bonchev–Trinajstić information content (AvgIpc) is 2.62. The fraction of sp³-hybridized carbons (Fsp3) is 0.750. The summed E-state index contributed by atoms with van der Waals surface area (Å²) in [6.07, 6.45) is -7.17. The molecule has 0 radical (unpaired) electrons. The molecule has 0 spiro atoms. The molecule has 0 aromatic carbocycles. The van der Waals surface area contributed by atoms with Crippen LogP contribution in [0.2, 0.25) is 0 Å². The van der Waals surface area contributed by atoms with Crippen molar-refractivity contribution in [2.75, 3.05) is 13.6 Å². The summed E-state index contributed by atoms with van der Waals surface area (Å²) in [5, 5.41) is 0. The maximum Gasteiger partial charge on any atom is 0.491 e. The van der Waals surface area contributed by atoms with Gasteiger partial charge < -0.3 is 18.9 Å². The zero-order valence-electron chi connectivity index (χ0n) is 15.6. The third-order valence-electron chi connectivity index (χ3n) is 3.29. The lowest BCUT2D eigenvalue weighted by Crippen LogP contribution is -2.26. The van der Waals surface area contributed by atoms with Crippen molar-refractivity contribution in [3.8, 4) is 0 Å². The first-order chi connectivity index (χ1) is 13.8. The van der Waals surface area contributed by atoms with Gasteiger partial charge in [-0.1, -0.05) is 25.7 Å². The molecule has 0 amide bonds. The smallest absolute Gasteiger partial charge is 0.428 e. The fourth-order valence-corrected chi connectivity index (χ4v) is 1.85. The van der Waals surface area contributed by atoms with E-state index in [0.717, 1.165) is 0 Å². The Kier molecular flexibility index (Phi) is 12.5. The standard InChI is InChI=1S/C16H20F6O8/c17-15(18,19)13(25)29-9-27-11(23)7-5-3-1-2-4-6-8-12(24)28-10-30-14(26)16(20,21)22/h1-10H2. The Bertz CT molecular complexity index is 523. The molecule has 14 heteroatoms. The average molecular weight is 454 g/mol. The molecule has 30 heavy (non-hydrogen) atoms. The first kappa shape index (κ1) is 27.5. The van der Waals surface area contributed by atoms with E-state index in [1.165, 1.54) is 0 Å². The van der Waals surface area contributed by atoms with Gasteiger partial charge >= 0.3 is 36.2 Å². The molecule has 0 aliphatic heterocycles. The Balaban J connectivity index is 3.55. The largest absolute Gasteiger partial charge is 0.491 e. The van der Waals surface area contributed by atoms with Crippen LogP contribution in [0, 0.1) is 0 Å². The minimum absolute atomic E-state index is 0.0768. The van der Waals surface area contributed by atoms with Crippen molar-refractivity contribution >= 4 is 23.9 Å². The van der Waals surface area contributed by atoms with Crippen molar-refractivity contribution in [1.29, 1.82) is 0 Å². The highest BCUT2D eigenvalue weighted by Gasteiger charge is 2.41. The van der Waals surface area contributed by atoms with Crippen LogP contribution in [0.4, 0.5) is 26.3 Å². The van der Waals surface area contributed by atoms with Crippen LogP contribution >= 0.6 is 0 Å². The molecule has 0 saturated carbocycles. The number of ether oxygens (including phenoxy) is 4. The van der Waals surface area contributed by atoms with Gasteiger partial charge in [0, 0.05) is 12.8 Å². The van der Waals surface area contributed by atoms with E-state index in [0.29, 0.717) is 38.5 Å². The number of carbonyl (C=O) groups is 4. The first-order valence-corrected chi connectivity index (χ1v) is 8.63. The van der Waals surface area contributed by atoms with Crippen LogP contribution in [-0.4, -0.2) is 49.8 Å². The SMILES string of the molecule is O=C(CCCCCCCCC(=O)OCOC(=O)C(F)(F)F)OCOC(=O)C(F)(F)F. The highest BCUT2D eigenvalue weighted by Crippen LogP contribution is 2.17. The first-order valence-electron chi connectivity index (χ1n) is 8.63. The van der Waals surface area contributed by atoms with Crippen LogP contribution < -0.4 is 0 Å². The van der Waals surface area contributed by atoms with Crippen molar-refractivity contribution in [1.82, 2.24) is 0 Å². The molecule has 0 rings (SSSR count). The minimum atomic E-state index is -5.16. The summed E-state index contributed by atoms with van der Waals surface area (Å²) < 4.78 is 87.0. The molecule has 0 aromatic rings. The Morgan fingerprint density at radius 2 is 0.800 bits per heavy atom. The molecule has 0 aromatic heterocycles. The van der Waals surface area contributed by atoms with Gasteiger partial charge in [-0.05, 0) is 12.8 Å². The number of alkyl halides is 6. The van der Waals surface area contributed by atoms with Gasteiger partial charge in [-0.3, -0.25) is 9.59 Å². The molecule has 0 bridgehead atoms. The molecule has 0 fully saturated rings. The number of halogens is 6. The van der Waals surface area contributed by atoms with Crippen LogP contribution in [0.1, 0.15) is 51.4 Å². The molecule has 0 saturated heterocycles. The molecule has 0 heterocycles. The summed E-state index contributed by atoms with van der Waals surface area (Å²) in [5.74, 6) is -6.55. The van der Waals surface area contributed by atoms with Crippen molar-refractivity contribution in [2.24, 2.45) is 0 Å². The Morgan fingerprint density at radius 1 is 0.500 bits per heavy atom. The Morgan fingerprint density at radius 3 is 1.10 bits per heavy atom. The normalized spacial score (nSPS) is 11.5. The number of unbranched alkanes of at least 4 members (excludes halogenated alkanes) is 5. The second-order valence-electron chi connectivity index (χ2n) is 5.75. The van der Waals surface area contributed by atoms with Gasteiger partial charge in [0.25, 0.3) is 0 Å². The van der Waals surface area contributed by atoms with Gasteiger partial charge in [0.2, 0.25) is 13.6 Å². The van der Waals surface area contributed by atoms with Gasteiger partial charge in [-0.2, -0.15) is 26.3 Å². The van der Waals surface area contributed by atoms with E-state index in [-0.39, 0.29) is 12.8 Å². The zero-order valence-corrected chi connectivity index (χ0v) is 15.6. The van der Waals surface area contributed by atoms with Gasteiger partial charge in [-0.25, -0.2) is 9.59 Å². The van der Waals surface area contributed by atoms with Crippen LogP contribution in [-0.2, 0) is 38.1 Å². The van der Waals surface area contributed by atoms with E-state index in [9.17, 15) is 45.5 Å². The summed E-state index contributed by atoms with van der Waals surface area (Å²) in [6, 6.07) is 0. The summed E-state index contributed by atoms with van der Waals surface area (Å²) in [7, 11) is 0. The predicted octanol–water partition coefficient (Wildman–Crippen LogP) is 3.32. The second-order valence-corrected chi connectivity index (χ2v) is 5.75. The van der Waals surface area contributed by atoms with Crippen LogP contribution in [0.25, 0.3) is 0 Å². The lowest BCUT2D eigenvalue weighted by atomic mass is 10.1. The van der Waals surface area contributed by atoms with Gasteiger partial charge in [0.05, 0.1) is 0 Å². The van der Waals surface area contributed by atoms with E-state index in [2.05, 4.69) is 18.9 Å². The predicted molar refractivity (Wildman–Crippen MR) is 83.1 cm³/mol. The quantitative estimate of drug-likeness (QED) is 0.181. The zero-order chi connectivity index (χ0) is 23.2. The molecule has 0 aliphatic carbocycles. The molecule has 174 valence electrons. The van der Waals surface area contributed by atoms with Crippen molar-refractivity contribution in [2.45, 2.75) is 63.7 Å². The van der Waals surface area contributed by atoms with Crippen LogP contribution in [0.15, 0.2) is 0 Å². The van der Waals surface area contributed by atoms with E-state index < -0.39 is 49.8 Å². The summed E-state index contributed by atoms with van der Waals surface area (Å²) in [5.41, 5.74) is 0. The molecular weight excluding hydrogens is 434 g/mol. The van der Waals surface area contributed by atoms with E-state index >= 15 is 0 Å². The van der Waals surface area contributed by atoms with Crippen LogP contribution in [0.3, 0.4) is 0 Å². The molecular formula is C16H20F6O8. The summed E-state index contributed by atoms with van der Waals surface area (Å²) >= 11 is 0. The number of esters is 4. The Labute approximate surface area is 166 Å². The lowest BCUT2D eigenvalue weighted by molar-refractivity contribution is -0.210. The number of carbonyl (C=O) groups excluding carboxylic acids is 4. The highest BCUT2D eigenvalue weighted by molar-refractivity contribution is 5.76. The van der Waals surface area contributed by atoms with E-state index in [1.54, 1.807) is 0 Å². The summed E-state index contributed by atoms with van der Waals surface area (Å²) in [4.78, 5) is 43.2. The van der Waals surface area contributed by atoms with Crippen molar-refractivity contribution in [3.63, 3.8) is 0 Å². The summed E-state index contributed by atoms with van der Waals surface area (Å²) in [6.45, 7) is -2.24. The second kappa shape index (κ2) is 13.6. The third kappa shape index (κ3) is 14.5. The fourth-order valence-electron chi connectivity index (χ4n) is 1.85. The van der Waals surface area contributed by atoms with E-state index in [1.807, 2.05) is 0 Å². The maximum atomic E-state index is 11.8. The molecule has 0 atom stereocenters. The van der Waals surface area contributed by atoms with Crippen LogP contribution in [0.5, 0.6) is 0 Å². The highest BCUT2D eigenvalue weighted by atomic mass is 19.4. The van der Waals surface area contributed by atoms with Gasteiger partial charge in [0.1, 0.15) is 0 Å².